The fourth-order valence-corrected chi connectivity index (χ4v) is 2.82. The van der Waals surface area contributed by atoms with Gasteiger partial charge in [-0.15, -0.1) is 0 Å². The number of para-hydroxylation sites is 1. The molecule has 1 aliphatic rings. The van der Waals surface area contributed by atoms with E-state index < -0.39 is 5.82 Å². The Hall–Kier alpha value is -2.16. The Balaban J connectivity index is 2.00. The van der Waals surface area contributed by atoms with Gasteiger partial charge in [-0.3, -0.25) is 4.79 Å². The minimum atomic E-state index is -0.463. The zero-order chi connectivity index (χ0) is 14.1. The van der Waals surface area contributed by atoms with Crippen LogP contribution in [0.2, 0.25) is 0 Å². The highest BCUT2D eigenvalue weighted by Gasteiger charge is 2.32. The van der Waals surface area contributed by atoms with Crippen LogP contribution in [-0.2, 0) is 0 Å². The summed E-state index contributed by atoms with van der Waals surface area (Å²) in [4.78, 5) is 14.3. The van der Waals surface area contributed by atoms with E-state index in [1.54, 1.807) is 23.1 Å². The number of hydrogen-bond acceptors (Lipinski definition) is 1. The number of fused-ring (bicyclic) bond motifs is 1. The van der Waals surface area contributed by atoms with Crippen molar-refractivity contribution in [3.63, 3.8) is 0 Å². The van der Waals surface area contributed by atoms with Crippen molar-refractivity contribution in [1.29, 1.82) is 0 Å². The van der Waals surface area contributed by atoms with Crippen molar-refractivity contribution in [2.45, 2.75) is 19.3 Å². The molecule has 20 heavy (non-hydrogen) atoms. The summed E-state index contributed by atoms with van der Waals surface area (Å²) in [6, 6.07) is 14.0. The van der Waals surface area contributed by atoms with Gasteiger partial charge in [-0.2, -0.15) is 0 Å². The molecule has 2 aromatic rings. The Morgan fingerprint density at radius 2 is 1.90 bits per heavy atom. The number of anilines is 1. The predicted molar refractivity (Wildman–Crippen MR) is 77.6 cm³/mol. The summed E-state index contributed by atoms with van der Waals surface area (Å²) in [5.41, 5.74) is 2.23. The normalized spacial score (nSPS) is 17.1. The number of amides is 1. The molecule has 0 fully saturated rings. The second-order valence-electron chi connectivity index (χ2n) is 5.06. The first-order valence-electron chi connectivity index (χ1n) is 6.87. The van der Waals surface area contributed by atoms with Crippen molar-refractivity contribution < 1.29 is 9.18 Å². The van der Waals surface area contributed by atoms with E-state index in [-0.39, 0.29) is 11.5 Å². The molecule has 0 spiro atoms. The minimum absolute atomic E-state index is 0.138. The lowest BCUT2D eigenvalue weighted by molar-refractivity contribution is 0.0984. The zero-order valence-corrected chi connectivity index (χ0v) is 11.3. The number of hydrogen-bond donors (Lipinski definition) is 0. The average Bonchev–Trinajstić information content (AvgIpc) is 2.86. The predicted octanol–water partition coefficient (Wildman–Crippen LogP) is 3.98. The van der Waals surface area contributed by atoms with Gasteiger partial charge in [0.2, 0.25) is 0 Å². The van der Waals surface area contributed by atoms with Gasteiger partial charge in [0.15, 0.2) is 0 Å². The highest BCUT2D eigenvalue weighted by molar-refractivity contribution is 6.07. The lowest BCUT2D eigenvalue weighted by Gasteiger charge is -2.18. The maximum atomic E-state index is 13.8. The van der Waals surface area contributed by atoms with Gasteiger partial charge in [-0.05, 0) is 30.2 Å². The summed E-state index contributed by atoms with van der Waals surface area (Å²) >= 11 is 0. The number of rotatable bonds is 2. The van der Waals surface area contributed by atoms with Crippen LogP contribution in [0.1, 0.15) is 35.2 Å². The van der Waals surface area contributed by atoms with Crippen LogP contribution in [-0.4, -0.2) is 12.5 Å². The fraction of sp³-hybridized carbons (Fsp3) is 0.235. The number of carbonyl (C=O) groups is 1. The van der Waals surface area contributed by atoms with Crippen molar-refractivity contribution in [2.24, 2.45) is 0 Å². The molecule has 1 amide bonds. The zero-order valence-electron chi connectivity index (χ0n) is 11.3. The van der Waals surface area contributed by atoms with Crippen LogP contribution < -0.4 is 4.90 Å². The van der Waals surface area contributed by atoms with E-state index in [1.807, 2.05) is 18.2 Å². The average molecular weight is 269 g/mol. The largest absolute Gasteiger partial charge is 0.307 e. The van der Waals surface area contributed by atoms with Gasteiger partial charge >= 0.3 is 0 Å². The van der Waals surface area contributed by atoms with Crippen molar-refractivity contribution in [3.8, 4) is 0 Å². The summed E-state index contributed by atoms with van der Waals surface area (Å²) in [5, 5.41) is 0. The minimum Gasteiger partial charge on any atom is -0.307 e. The molecule has 3 rings (SSSR count). The third-order valence-electron chi connectivity index (χ3n) is 3.91. The molecule has 0 saturated carbocycles. The van der Waals surface area contributed by atoms with Gasteiger partial charge in [0, 0.05) is 18.2 Å². The molecule has 0 saturated heterocycles. The van der Waals surface area contributed by atoms with Crippen LogP contribution in [0, 0.1) is 5.82 Å². The van der Waals surface area contributed by atoms with Gasteiger partial charge in [-0.1, -0.05) is 37.3 Å². The van der Waals surface area contributed by atoms with Gasteiger partial charge in [0.05, 0.1) is 5.56 Å². The first kappa shape index (κ1) is 12.9. The van der Waals surface area contributed by atoms with E-state index in [2.05, 4.69) is 13.0 Å². The molecule has 0 aliphatic carbocycles. The summed E-state index contributed by atoms with van der Waals surface area (Å²) in [5.74, 6) is -0.386. The fourth-order valence-electron chi connectivity index (χ4n) is 2.82. The summed E-state index contributed by atoms with van der Waals surface area (Å²) in [6.07, 6.45) is 0.970. The Morgan fingerprint density at radius 1 is 1.20 bits per heavy atom. The molecule has 2 aromatic carbocycles. The Labute approximate surface area is 117 Å². The lowest BCUT2D eigenvalue weighted by atomic mass is 9.99. The van der Waals surface area contributed by atoms with Crippen LogP contribution in [0.4, 0.5) is 10.1 Å². The molecule has 0 bridgehead atoms. The molecule has 1 atom stereocenters. The quantitative estimate of drug-likeness (QED) is 0.807. The van der Waals surface area contributed by atoms with E-state index in [1.165, 1.54) is 11.6 Å². The van der Waals surface area contributed by atoms with Crippen LogP contribution in [0.15, 0.2) is 48.5 Å². The van der Waals surface area contributed by atoms with Crippen LogP contribution in [0.5, 0.6) is 0 Å². The van der Waals surface area contributed by atoms with Gasteiger partial charge in [0.25, 0.3) is 5.91 Å². The van der Waals surface area contributed by atoms with E-state index in [4.69, 9.17) is 0 Å². The van der Waals surface area contributed by atoms with Crippen LogP contribution in [0.25, 0.3) is 0 Å². The van der Waals surface area contributed by atoms with Crippen LogP contribution in [0.3, 0.4) is 0 Å². The van der Waals surface area contributed by atoms with Crippen molar-refractivity contribution in [1.82, 2.24) is 0 Å². The molecule has 0 N–H and O–H groups in total. The monoisotopic (exact) mass is 269 g/mol. The molecular formula is C17H16FNO. The summed E-state index contributed by atoms with van der Waals surface area (Å²) in [6.45, 7) is 2.74. The Morgan fingerprint density at radius 3 is 2.65 bits per heavy atom. The molecule has 0 aromatic heterocycles. The smallest absolute Gasteiger partial charge is 0.261 e. The molecule has 0 radical (unpaired) electrons. The molecule has 3 heteroatoms. The van der Waals surface area contributed by atoms with Crippen molar-refractivity contribution in [3.05, 3.63) is 65.5 Å². The maximum Gasteiger partial charge on any atom is 0.261 e. The molecular weight excluding hydrogens is 253 g/mol. The Bertz CT molecular complexity index is 653. The molecule has 1 unspecified atom stereocenters. The first-order valence-corrected chi connectivity index (χ1v) is 6.87. The summed E-state index contributed by atoms with van der Waals surface area (Å²) < 4.78 is 13.8. The Kier molecular flexibility index (Phi) is 3.26. The SMILES string of the molecule is CCC1CN(C(=O)c2ccccc2F)c2ccccc21. The van der Waals surface area contributed by atoms with E-state index in [9.17, 15) is 9.18 Å². The number of carbonyl (C=O) groups excluding carboxylic acids is 1. The number of nitrogens with zero attached hydrogens (tertiary/aromatic N) is 1. The highest BCUT2D eigenvalue weighted by Crippen LogP contribution is 2.38. The second kappa shape index (κ2) is 5.08. The molecule has 102 valence electrons. The third-order valence-corrected chi connectivity index (χ3v) is 3.91. The first-order chi connectivity index (χ1) is 9.72. The third kappa shape index (κ3) is 1.99. The van der Waals surface area contributed by atoms with Crippen molar-refractivity contribution in [2.75, 3.05) is 11.4 Å². The maximum absolute atomic E-state index is 13.8. The van der Waals surface area contributed by atoms with Gasteiger partial charge in [-0.25, -0.2) is 4.39 Å². The van der Waals surface area contributed by atoms with E-state index >= 15 is 0 Å². The summed E-state index contributed by atoms with van der Waals surface area (Å²) in [7, 11) is 0. The molecule has 1 heterocycles. The topological polar surface area (TPSA) is 20.3 Å². The van der Waals surface area contributed by atoms with Gasteiger partial charge in [0.1, 0.15) is 5.82 Å². The second-order valence-corrected chi connectivity index (χ2v) is 5.06. The molecule has 1 aliphatic heterocycles. The lowest BCUT2D eigenvalue weighted by Crippen LogP contribution is -2.30. The standard InChI is InChI=1S/C17H16FNO/c1-2-12-11-19(16-10-6-4-7-13(12)16)17(20)14-8-3-5-9-15(14)18/h3-10,12H,2,11H2,1H3. The van der Waals surface area contributed by atoms with Gasteiger partial charge < -0.3 is 4.90 Å². The number of halogens is 1. The highest BCUT2D eigenvalue weighted by atomic mass is 19.1. The van der Waals surface area contributed by atoms with E-state index in [0.717, 1.165) is 12.1 Å². The van der Waals surface area contributed by atoms with Crippen molar-refractivity contribution >= 4 is 11.6 Å². The van der Waals surface area contributed by atoms with Crippen LogP contribution >= 0.6 is 0 Å². The van der Waals surface area contributed by atoms with E-state index in [0.29, 0.717) is 12.5 Å². The number of benzene rings is 2. The molecule has 2 nitrogen and oxygen atoms in total.